The van der Waals surface area contributed by atoms with Crippen LogP contribution in [0.25, 0.3) is 0 Å². The number of hydrogen-bond acceptors (Lipinski definition) is 4. The summed E-state index contributed by atoms with van der Waals surface area (Å²) in [6, 6.07) is 4.75. The SMILES string of the molecule is CCN(C)[C@@H]1COC2(CCN(Cc3ccc(C)o3)CC2)C1. The Balaban J connectivity index is 1.51. The molecule has 0 saturated carbocycles. The molecule has 21 heavy (non-hydrogen) atoms. The monoisotopic (exact) mass is 292 g/mol. The standard InChI is InChI=1S/C17H28N2O2/c1-4-18(3)15-11-17(20-13-15)7-9-19(10-8-17)12-16-6-5-14(2)21-16/h5-6,15H,4,7-13H2,1-3H3/t15-/m0/s1. The van der Waals surface area contributed by atoms with Gasteiger partial charge in [-0.25, -0.2) is 0 Å². The van der Waals surface area contributed by atoms with Crippen molar-refractivity contribution in [3.8, 4) is 0 Å². The van der Waals surface area contributed by atoms with Gasteiger partial charge in [0.05, 0.1) is 18.8 Å². The number of ether oxygens (including phenoxy) is 1. The first-order chi connectivity index (χ1) is 10.1. The molecule has 118 valence electrons. The van der Waals surface area contributed by atoms with Crippen molar-refractivity contribution in [3.05, 3.63) is 23.7 Å². The summed E-state index contributed by atoms with van der Waals surface area (Å²) in [6.45, 7) is 9.40. The molecule has 4 nitrogen and oxygen atoms in total. The summed E-state index contributed by atoms with van der Waals surface area (Å²) in [7, 11) is 2.21. The fourth-order valence-electron chi connectivity index (χ4n) is 3.62. The average molecular weight is 292 g/mol. The zero-order valence-electron chi connectivity index (χ0n) is 13.6. The van der Waals surface area contributed by atoms with Gasteiger partial charge in [0.1, 0.15) is 11.5 Å². The Kier molecular flexibility index (Phi) is 4.38. The molecule has 3 heterocycles. The van der Waals surface area contributed by atoms with E-state index in [0.717, 1.165) is 57.1 Å². The minimum absolute atomic E-state index is 0.143. The zero-order chi connectivity index (χ0) is 14.9. The maximum Gasteiger partial charge on any atom is 0.118 e. The molecule has 0 N–H and O–H groups in total. The molecule has 4 heteroatoms. The molecule has 0 unspecified atom stereocenters. The van der Waals surface area contributed by atoms with E-state index in [2.05, 4.69) is 29.8 Å². The summed E-state index contributed by atoms with van der Waals surface area (Å²) in [5.74, 6) is 2.09. The van der Waals surface area contributed by atoms with Crippen LogP contribution < -0.4 is 0 Å². The number of rotatable bonds is 4. The van der Waals surface area contributed by atoms with Crippen molar-refractivity contribution in [2.75, 3.05) is 33.3 Å². The molecule has 2 aliphatic heterocycles. The summed E-state index contributed by atoms with van der Waals surface area (Å²) >= 11 is 0. The molecule has 0 aromatic carbocycles. The second-order valence-corrected chi connectivity index (χ2v) is 6.71. The van der Waals surface area contributed by atoms with E-state index in [0.29, 0.717) is 6.04 Å². The normalized spacial score (nSPS) is 26.0. The van der Waals surface area contributed by atoms with Gasteiger partial charge in [0.15, 0.2) is 0 Å². The third-order valence-electron chi connectivity index (χ3n) is 5.25. The number of nitrogens with zero attached hydrogens (tertiary/aromatic N) is 2. The quantitative estimate of drug-likeness (QED) is 0.853. The number of aryl methyl sites for hydroxylation is 1. The van der Waals surface area contributed by atoms with Crippen LogP contribution in [0.4, 0.5) is 0 Å². The van der Waals surface area contributed by atoms with Crippen LogP contribution in [-0.2, 0) is 11.3 Å². The van der Waals surface area contributed by atoms with Gasteiger partial charge in [-0.3, -0.25) is 4.90 Å². The van der Waals surface area contributed by atoms with Crippen LogP contribution in [0.15, 0.2) is 16.5 Å². The number of furan rings is 1. The van der Waals surface area contributed by atoms with Crippen molar-refractivity contribution in [2.45, 2.75) is 51.3 Å². The summed E-state index contributed by atoms with van der Waals surface area (Å²) < 4.78 is 11.9. The molecule has 1 atom stereocenters. The van der Waals surface area contributed by atoms with E-state index in [-0.39, 0.29) is 5.60 Å². The van der Waals surface area contributed by atoms with E-state index in [1.165, 1.54) is 6.42 Å². The maximum atomic E-state index is 6.23. The molecule has 1 spiro atoms. The highest BCUT2D eigenvalue weighted by Gasteiger charge is 2.43. The smallest absolute Gasteiger partial charge is 0.118 e. The third kappa shape index (κ3) is 3.33. The lowest BCUT2D eigenvalue weighted by Gasteiger charge is -2.38. The lowest BCUT2D eigenvalue weighted by Crippen LogP contribution is -2.44. The molecule has 1 aromatic rings. The number of likely N-dealkylation sites (tertiary alicyclic amines) is 1. The molecule has 2 saturated heterocycles. The van der Waals surface area contributed by atoms with Crippen LogP contribution in [-0.4, -0.2) is 54.7 Å². The first-order valence-electron chi connectivity index (χ1n) is 8.22. The highest BCUT2D eigenvalue weighted by molar-refractivity contribution is 5.06. The Morgan fingerprint density at radius 1 is 1.33 bits per heavy atom. The Morgan fingerprint density at radius 2 is 2.10 bits per heavy atom. The minimum Gasteiger partial charge on any atom is -0.465 e. The van der Waals surface area contributed by atoms with Crippen LogP contribution in [0.5, 0.6) is 0 Å². The van der Waals surface area contributed by atoms with Crippen molar-refractivity contribution >= 4 is 0 Å². The van der Waals surface area contributed by atoms with Crippen LogP contribution in [0.1, 0.15) is 37.7 Å². The van der Waals surface area contributed by atoms with Gasteiger partial charge in [0.2, 0.25) is 0 Å². The highest BCUT2D eigenvalue weighted by Crippen LogP contribution is 2.37. The van der Waals surface area contributed by atoms with Gasteiger partial charge in [-0.05, 0) is 51.9 Å². The molecular weight excluding hydrogens is 264 g/mol. The number of piperidine rings is 1. The summed E-state index contributed by atoms with van der Waals surface area (Å²) in [6.07, 6.45) is 3.51. The molecule has 0 bridgehead atoms. The molecule has 2 fully saturated rings. The first-order valence-corrected chi connectivity index (χ1v) is 8.22. The van der Waals surface area contributed by atoms with Crippen molar-refractivity contribution in [2.24, 2.45) is 0 Å². The van der Waals surface area contributed by atoms with Gasteiger partial charge >= 0.3 is 0 Å². The lowest BCUT2D eigenvalue weighted by atomic mass is 9.87. The first kappa shape index (κ1) is 15.1. The van der Waals surface area contributed by atoms with Gasteiger partial charge in [-0.15, -0.1) is 0 Å². The second kappa shape index (κ2) is 6.11. The second-order valence-electron chi connectivity index (χ2n) is 6.71. The van der Waals surface area contributed by atoms with Crippen LogP contribution in [0.3, 0.4) is 0 Å². The van der Waals surface area contributed by atoms with E-state index >= 15 is 0 Å². The molecule has 0 aliphatic carbocycles. The van der Waals surface area contributed by atoms with E-state index < -0.39 is 0 Å². The Morgan fingerprint density at radius 3 is 2.71 bits per heavy atom. The molecule has 3 rings (SSSR count). The van der Waals surface area contributed by atoms with Crippen molar-refractivity contribution in [1.29, 1.82) is 0 Å². The predicted molar refractivity (Wildman–Crippen MR) is 83.3 cm³/mol. The summed E-state index contributed by atoms with van der Waals surface area (Å²) in [5.41, 5.74) is 0.143. The number of likely N-dealkylation sites (N-methyl/N-ethyl adjacent to an activating group) is 1. The largest absolute Gasteiger partial charge is 0.465 e. The van der Waals surface area contributed by atoms with Gasteiger partial charge in [-0.2, -0.15) is 0 Å². The van der Waals surface area contributed by atoms with Gasteiger partial charge in [0.25, 0.3) is 0 Å². The minimum atomic E-state index is 0.143. The fraction of sp³-hybridized carbons (Fsp3) is 0.765. The van der Waals surface area contributed by atoms with Crippen LogP contribution >= 0.6 is 0 Å². The highest BCUT2D eigenvalue weighted by atomic mass is 16.5. The molecule has 0 amide bonds. The number of hydrogen-bond donors (Lipinski definition) is 0. The topological polar surface area (TPSA) is 28.9 Å². The van der Waals surface area contributed by atoms with Crippen molar-refractivity contribution in [1.82, 2.24) is 9.80 Å². The summed E-state index contributed by atoms with van der Waals surface area (Å²) in [5, 5.41) is 0. The van der Waals surface area contributed by atoms with E-state index in [1.807, 2.05) is 13.0 Å². The van der Waals surface area contributed by atoms with Gasteiger partial charge in [0, 0.05) is 19.1 Å². The zero-order valence-corrected chi connectivity index (χ0v) is 13.6. The van der Waals surface area contributed by atoms with Crippen LogP contribution in [0.2, 0.25) is 0 Å². The molecular formula is C17H28N2O2. The Labute approximate surface area is 128 Å². The Bertz CT molecular complexity index is 463. The molecule has 1 aromatic heterocycles. The van der Waals surface area contributed by atoms with E-state index in [9.17, 15) is 0 Å². The Hall–Kier alpha value is -0.840. The summed E-state index contributed by atoms with van der Waals surface area (Å²) in [4.78, 5) is 4.91. The predicted octanol–water partition coefficient (Wildman–Crippen LogP) is 2.66. The fourth-order valence-corrected chi connectivity index (χ4v) is 3.62. The van der Waals surface area contributed by atoms with Gasteiger partial charge in [-0.1, -0.05) is 6.92 Å². The van der Waals surface area contributed by atoms with Crippen molar-refractivity contribution < 1.29 is 9.15 Å². The van der Waals surface area contributed by atoms with Gasteiger partial charge < -0.3 is 14.1 Å². The third-order valence-corrected chi connectivity index (χ3v) is 5.25. The lowest BCUT2D eigenvalue weighted by molar-refractivity contribution is -0.0461. The van der Waals surface area contributed by atoms with E-state index in [1.54, 1.807) is 0 Å². The van der Waals surface area contributed by atoms with Crippen LogP contribution in [0, 0.1) is 6.92 Å². The van der Waals surface area contributed by atoms with Crippen molar-refractivity contribution in [3.63, 3.8) is 0 Å². The average Bonchev–Trinajstić information content (AvgIpc) is 3.08. The molecule has 2 aliphatic rings. The maximum absolute atomic E-state index is 6.23. The molecule has 0 radical (unpaired) electrons. The van der Waals surface area contributed by atoms with E-state index in [4.69, 9.17) is 9.15 Å².